The molecule has 10 nitrogen and oxygen atoms in total. The van der Waals surface area contributed by atoms with Gasteiger partial charge in [0.2, 0.25) is 5.95 Å². The quantitative estimate of drug-likeness (QED) is 0.839. The minimum Gasteiger partial charge on any atom is -0.481 e. The fourth-order valence-electron chi connectivity index (χ4n) is 3.03. The molecule has 1 aliphatic heterocycles. The molecule has 0 spiro atoms. The Morgan fingerprint density at radius 3 is 2.71 bits per heavy atom. The Hall–Kier alpha value is -3.17. The van der Waals surface area contributed by atoms with Gasteiger partial charge in [-0.2, -0.15) is 4.98 Å². The van der Waals surface area contributed by atoms with Gasteiger partial charge in [-0.25, -0.2) is 14.8 Å². The molecule has 1 aliphatic rings. The maximum atomic E-state index is 12.4. The van der Waals surface area contributed by atoms with Gasteiger partial charge in [0.15, 0.2) is 0 Å². The lowest BCUT2D eigenvalue weighted by Gasteiger charge is -2.41. The molecule has 1 amide bonds. The van der Waals surface area contributed by atoms with E-state index in [2.05, 4.69) is 15.0 Å². The molecule has 3 heterocycles. The summed E-state index contributed by atoms with van der Waals surface area (Å²) in [5.74, 6) is 0.109. The second-order valence-electron chi connectivity index (χ2n) is 7.56. The zero-order valence-electron chi connectivity index (χ0n) is 16.1. The third-order valence-electron chi connectivity index (χ3n) is 4.20. The van der Waals surface area contributed by atoms with Crippen molar-refractivity contribution in [2.24, 2.45) is 0 Å². The van der Waals surface area contributed by atoms with E-state index in [0.717, 1.165) is 0 Å². The summed E-state index contributed by atoms with van der Waals surface area (Å²) in [5, 5.41) is 9.34. The van der Waals surface area contributed by atoms with E-state index in [0.29, 0.717) is 24.9 Å². The van der Waals surface area contributed by atoms with Crippen LogP contribution in [0.15, 0.2) is 31.0 Å². The molecule has 1 N–H and O–H groups in total. The molecular weight excluding hydrogens is 364 g/mol. The summed E-state index contributed by atoms with van der Waals surface area (Å²) in [4.78, 5) is 40.0. The van der Waals surface area contributed by atoms with Crippen LogP contribution in [0.1, 0.15) is 27.2 Å². The smallest absolute Gasteiger partial charge is 0.410 e. The van der Waals surface area contributed by atoms with Gasteiger partial charge in [-0.3, -0.25) is 9.36 Å². The van der Waals surface area contributed by atoms with Gasteiger partial charge in [0.25, 0.3) is 0 Å². The first-order valence-electron chi connectivity index (χ1n) is 9.01. The van der Waals surface area contributed by atoms with Crippen molar-refractivity contribution in [1.82, 2.24) is 24.4 Å². The van der Waals surface area contributed by atoms with Crippen molar-refractivity contribution in [3.8, 4) is 5.95 Å². The van der Waals surface area contributed by atoms with Crippen LogP contribution < -0.4 is 4.90 Å². The van der Waals surface area contributed by atoms with Crippen molar-refractivity contribution in [2.75, 3.05) is 24.5 Å². The van der Waals surface area contributed by atoms with Crippen molar-refractivity contribution in [3.63, 3.8) is 0 Å². The predicted molar refractivity (Wildman–Crippen MR) is 100 cm³/mol. The molecule has 0 aromatic carbocycles. The van der Waals surface area contributed by atoms with Crippen LogP contribution in [0.4, 0.5) is 10.6 Å². The lowest BCUT2D eigenvalue weighted by Crippen LogP contribution is -2.56. The zero-order valence-corrected chi connectivity index (χ0v) is 16.1. The normalized spacial score (nSPS) is 17.5. The molecule has 1 saturated heterocycles. The number of aliphatic carboxylic acids is 1. The van der Waals surface area contributed by atoms with Crippen molar-refractivity contribution >= 4 is 17.9 Å². The minimum absolute atomic E-state index is 0.121. The molecule has 1 atom stereocenters. The number of aromatic nitrogens is 4. The molecule has 2 aromatic rings. The molecule has 10 heteroatoms. The summed E-state index contributed by atoms with van der Waals surface area (Å²) in [6, 6.07) is 1.31. The van der Waals surface area contributed by atoms with E-state index in [4.69, 9.17) is 4.74 Å². The number of carboxylic acids is 1. The monoisotopic (exact) mass is 388 g/mol. The number of anilines is 1. The lowest BCUT2D eigenvalue weighted by atomic mass is 10.1. The van der Waals surface area contributed by atoms with E-state index in [1.807, 2.05) is 4.90 Å². The summed E-state index contributed by atoms with van der Waals surface area (Å²) in [5.41, 5.74) is -0.608. The molecule has 3 rings (SSSR count). The first-order valence-corrected chi connectivity index (χ1v) is 9.01. The zero-order chi connectivity index (χ0) is 20.3. The number of carbonyl (C=O) groups excluding carboxylic acids is 1. The molecule has 150 valence electrons. The molecule has 0 bridgehead atoms. The van der Waals surface area contributed by atoms with Gasteiger partial charge in [-0.1, -0.05) is 0 Å². The van der Waals surface area contributed by atoms with Crippen LogP contribution in [0, 0.1) is 0 Å². The number of carboxylic acid groups (broad SMARTS) is 1. The fourth-order valence-corrected chi connectivity index (χ4v) is 3.03. The number of carbonyl (C=O) groups is 2. The number of ether oxygens (including phenoxy) is 1. The van der Waals surface area contributed by atoms with Crippen LogP contribution in [0.25, 0.3) is 5.95 Å². The Morgan fingerprint density at radius 2 is 2.07 bits per heavy atom. The third kappa shape index (κ3) is 4.76. The fraction of sp³-hybridized carbons (Fsp3) is 0.500. The SMILES string of the molecule is CC(C)(C)OC(=O)N1CCN(c2ccnc(-n3ccnc3)n2)C(CC(=O)O)C1. The molecule has 0 radical (unpaired) electrons. The molecular formula is C18H24N6O4. The van der Waals surface area contributed by atoms with Crippen LogP contribution in [-0.4, -0.2) is 72.9 Å². The summed E-state index contributed by atoms with van der Waals surface area (Å²) in [7, 11) is 0. The van der Waals surface area contributed by atoms with Crippen molar-refractivity contribution in [3.05, 3.63) is 31.0 Å². The Labute approximate surface area is 162 Å². The maximum Gasteiger partial charge on any atom is 0.410 e. The van der Waals surface area contributed by atoms with E-state index in [-0.39, 0.29) is 13.0 Å². The van der Waals surface area contributed by atoms with Crippen LogP contribution >= 0.6 is 0 Å². The van der Waals surface area contributed by atoms with E-state index in [1.165, 1.54) is 0 Å². The van der Waals surface area contributed by atoms with E-state index >= 15 is 0 Å². The highest BCUT2D eigenvalue weighted by Crippen LogP contribution is 2.22. The first kappa shape index (κ1) is 19.6. The number of hydrogen-bond donors (Lipinski definition) is 1. The molecule has 0 saturated carbocycles. The number of hydrogen-bond acceptors (Lipinski definition) is 7. The Balaban J connectivity index is 1.80. The van der Waals surface area contributed by atoms with Crippen LogP contribution in [-0.2, 0) is 9.53 Å². The van der Waals surface area contributed by atoms with E-state index in [1.54, 1.807) is 61.2 Å². The minimum atomic E-state index is -0.940. The summed E-state index contributed by atoms with van der Waals surface area (Å²) < 4.78 is 7.10. The molecule has 0 aliphatic carbocycles. The molecule has 2 aromatic heterocycles. The van der Waals surface area contributed by atoms with Crippen molar-refractivity contribution in [1.29, 1.82) is 0 Å². The molecule has 1 unspecified atom stereocenters. The van der Waals surface area contributed by atoms with Gasteiger partial charge in [0, 0.05) is 38.2 Å². The third-order valence-corrected chi connectivity index (χ3v) is 4.20. The number of rotatable bonds is 4. The average molecular weight is 388 g/mol. The summed E-state index contributed by atoms with van der Waals surface area (Å²) >= 11 is 0. The Bertz CT molecular complexity index is 833. The van der Waals surface area contributed by atoms with Gasteiger partial charge < -0.3 is 19.6 Å². The maximum absolute atomic E-state index is 12.4. The number of imidazole rings is 1. The summed E-state index contributed by atoms with van der Waals surface area (Å²) in [6.45, 7) is 6.50. The number of piperazine rings is 1. The standard InChI is InChI=1S/C18H24N6O4/c1-18(2,3)28-17(27)22-8-9-24(13(11-22)10-15(25)26)14-4-5-20-16(21-14)23-7-6-19-12-23/h4-7,12-13H,8-11H2,1-3H3,(H,25,26). The van der Waals surface area contributed by atoms with Crippen molar-refractivity contribution in [2.45, 2.75) is 38.8 Å². The number of amides is 1. The van der Waals surface area contributed by atoms with Gasteiger partial charge in [-0.15, -0.1) is 0 Å². The van der Waals surface area contributed by atoms with E-state index < -0.39 is 23.7 Å². The first-order chi connectivity index (χ1) is 13.2. The topological polar surface area (TPSA) is 114 Å². The van der Waals surface area contributed by atoms with Crippen LogP contribution in [0.3, 0.4) is 0 Å². The second kappa shape index (κ2) is 7.83. The number of nitrogens with zero attached hydrogens (tertiary/aromatic N) is 6. The highest BCUT2D eigenvalue weighted by molar-refractivity contribution is 5.71. The van der Waals surface area contributed by atoms with Gasteiger partial charge in [0.05, 0.1) is 12.5 Å². The van der Waals surface area contributed by atoms with Crippen LogP contribution in [0.5, 0.6) is 0 Å². The highest BCUT2D eigenvalue weighted by Gasteiger charge is 2.34. The Kier molecular flexibility index (Phi) is 5.48. The van der Waals surface area contributed by atoms with E-state index in [9.17, 15) is 14.7 Å². The average Bonchev–Trinajstić information content (AvgIpc) is 3.14. The van der Waals surface area contributed by atoms with Gasteiger partial charge in [-0.05, 0) is 26.8 Å². The lowest BCUT2D eigenvalue weighted by molar-refractivity contribution is -0.137. The van der Waals surface area contributed by atoms with Gasteiger partial charge >= 0.3 is 12.1 Å². The largest absolute Gasteiger partial charge is 0.481 e. The molecule has 28 heavy (non-hydrogen) atoms. The van der Waals surface area contributed by atoms with Crippen molar-refractivity contribution < 1.29 is 19.4 Å². The summed E-state index contributed by atoms with van der Waals surface area (Å²) in [6.07, 6.45) is 6.01. The van der Waals surface area contributed by atoms with Crippen LogP contribution in [0.2, 0.25) is 0 Å². The second-order valence-corrected chi connectivity index (χ2v) is 7.56. The van der Waals surface area contributed by atoms with Gasteiger partial charge in [0.1, 0.15) is 17.7 Å². The Morgan fingerprint density at radius 1 is 1.29 bits per heavy atom. The predicted octanol–water partition coefficient (Wildman–Crippen LogP) is 1.56. The highest BCUT2D eigenvalue weighted by atomic mass is 16.6. The molecule has 1 fully saturated rings.